The number of halogens is 2. The summed E-state index contributed by atoms with van der Waals surface area (Å²) in [4.78, 5) is 11.6. The van der Waals surface area contributed by atoms with Crippen molar-refractivity contribution in [3.05, 3.63) is 47.5 Å². The molecule has 0 saturated carbocycles. The van der Waals surface area contributed by atoms with Gasteiger partial charge in [0.2, 0.25) is 0 Å². The molecule has 2 N–H and O–H groups in total. The van der Waals surface area contributed by atoms with Crippen molar-refractivity contribution in [2.75, 3.05) is 11.9 Å². The minimum atomic E-state index is -0.444. The van der Waals surface area contributed by atoms with Crippen LogP contribution in [-0.4, -0.2) is 22.4 Å². The van der Waals surface area contributed by atoms with E-state index in [2.05, 4.69) is 15.7 Å². The molecule has 20 heavy (non-hydrogen) atoms. The number of hydrogen-bond acceptors (Lipinski definition) is 2. The van der Waals surface area contributed by atoms with Gasteiger partial charge in [0.05, 0.1) is 10.7 Å². The maximum absolute atomic E-state index is 12.8. The van der Waals surface area contributed by atoms with E-state index in [4.69, 9.17) is 11.6 Å². The number of carbonyl (C=O) groups is 1. The van der Waals surface area contributed by atoms with Crippen LogP contribution in [0.15, 0.2) is 36.7 Å². The molecule has 0 atom stereocenters. The molecule has 0 fully saturated rings. The molecule has 0 saturated heterocycles. The van der Waals surface area contributed by atoms with E-state index >= 15 is 0 Å². The fraction of sp³-hybridized carbons (Fsp3) is 0.231. The maximum atomic E-state index is 12.8. The average Bonchev–Trinajstić information content (AvgIpc) is 2.91. The first-order valence-electron chi connectivity index (χ1n) is 6.12. The molecule has 106 valence electrons. The molecule has 0 aliphatic rings. The molecule has 0 radical (unpaired) electrons. The summed E-state index contributed by atoms with van der Waals surface area (Å²) in [5.74, 6) is -0.444. The summed E-state index contributed by atoms with van der Waals surface area (Å²) in [7, 11) is 0. The summed E-state index contributed by atoms with van der Waals surface area (Å²) in [6.07, 6.45) is 4.32. The van der Waals surface area contributed by atoms with Crippen LogP contribution in [-0.2, 0) is 6.54 Å². The lowest BCUT2D eigenvalue weighted by atomic mass is 10.3. The van der Waals surface area contributed by atoms with Crippen LogP contribution < -0.4 is 10.6 Å². The number of nitrogens with zero attached hydrogens (tertiary/aromatic N) is 2. The molecule has 7 heteroatoms. The topological polar surface area (TPSA) is 59.0 Å². The number of carbonyl (C=O) groups excluding carboxylic acids is 1. The minimum absolute atomic E-state index is 0.164. The van der Waals surface area contributed by atoms with Crippen molar-refractivity contribution >= 4 is 23.3 Å². The Labute approximate surface area is 120 Å². The zero-order chi connectivity index (χ0) is 14.4. The lowest BCUT2D eigenvalue weighted by molar-refractivity contribution is 0.251. The third-order valence-electron chi connectivity index (χ3n) is 2.59. The van der Waals surface area contributed by atoms with Gasteiger partial charge in [0, 0.05) is 25.5 Å². The number of urea groups is 1. The fourth-order valence-electron chi connectivity index (χ4n) is 1.63. The van der Waals surface area contributed by atoms with Crippen molar-refractivity contribution in [1.82, 2.24) is 15.1 Å². The van der Waals surface area contributed by atoms with Gasteiger partial charge in [0.15, 0.2) is 0 Å². The van der Waals surface area contributed by atoms with Crippen molar-refractivity contribution in [3.8, 4) is 0 Å². The van der Waals surface area contributed by atoms with E-state index in [9.17, 15) is 9.18 Å². The Balaban J connectivity index is 1.72. The summed E-state index contributed by atoms with van der Waals surface area (Å²) in [6, 6.07) is 5.27. The van der Waals surface area contributed by atoms with Crippen LogP contribution in [0.1, 0.15) is 6.42 Å². The Morgan fingerprint density at radius 3 is 3.00 bits per heavy atom. The van der Waals surface area contributed by atoms with E-state index < -0.39 is 5.82 Å². The van der Waals surface area contributed by atoms with E-state index in [1.807, 2.05) is 12.3 Å². The average molecular weight is 297 g/mol. The van der Waals surface area contributed by atoms with E-state index in [-0.39, 0.29) is 11.1 Å². The SMILES string of the molecule is O=C(NCCCn1cccn1)Nc1ccc(F)cc1Cl. The van der Waals surface area contributed by atoms with Crippen molar-refractivity contribution < 1.29 is 9.18 Å². The van der Waals surface area contributed by atoms with Crippen LogP contribution in [0.25, 0.3) is 0 Å². The largest absolute Gasteiger partial charge is 0.338 e. The van der Waals surface area contributed by atoms with E-state index in [0.29, 0.717) is 12.2 Å². The zero-order valence-corrected chi connectivity index (χ0v) is 11.4. The summed E-state index contributed by atoms with van der Waals surface area (Å²) in [6.45, 7) is 1.23. The second-order valence-corrected chi connectivity index (χ2v) is 4.53. The predicted molar refractivity (Wildman–Crippen MR) is 75.3 cm³/mol. The van der Waals surface area contributed by atoms with E-state index in [1.165, 1.54) is 12.1 Å². The number of aromatic nitrogens is 2. The van der Waals surface area contributed by atoms with Crippen LogP contribution >= 0.6 is 11.6 Å². The highest BCUT2D eigenvalue weighted by atomic mass is 35.5. The quantitative estimate of drug-likeness (QED) is 0.834. The molecule has 1 aromatic carbocycles. The Hall–Kier alpha value is -2.08. The first kappa shape index (κ1) is 14.3. The van der Waals surface area contributed by atoms with Gasteiger partial charge in [-0.3, -0.25) is 4.68 Å². The van der Waals surface area contributed by atoms with Gasteiger partial charge in [-0.2, -0.15) is 5.10 Å². The molecule has 2 rings (SSSR count). The molecular weight excluding hydrogens is 283 g/mol. The Kier molecular flexibility index (Phi) is 4.95. The first-order valence-corrected chi connectivity index (χ1v) is 6.50. The van der Waals surface area contributed by atoms with E-state index in [0.717, 1.165) is 19.0 Å². The van der Waals surface area contributed by atoms with Crippen LogP contribution in [0.4, 0.5) is 14.9 Å². The molecule has 2 amide bonds. The number of nitrogens with one attached hydrogen (secondary N) is 2. The molecule has 5 nitrogen and oxygen atoms in total. The third-order valence-corrected chi connectivity index (χ3v) is 2.90. The first-order chi connectivity index (χ1) is 9.65. The Morgan fingerprint density at radius 2 is 2.30 bits per heavy atom. The van der Waals surface area contributed by atoms with Crippen LogP contribution in [0, 0.1) is 5.82 Å². The summed E-state index contributed by atoms with van der Waals surface area (Å²) >= 11 is 5.81. The standard InChI is InChI=1S/C13H14ClFN4O/c14-11-9-10(15)3-4-12(11)18-13(20)16-5-1-7-19-8-2-6-17-19/h2-4,6,8-9H,1,5,7H2,(H2,16,18,20). The van der Waals surface area contributed by atoms with Gasteiger partial charge in [0.1, 0.15) is 5.82 Å². The molecule has 0 spiro atoms. The number of anilines is 1. The van der Waals surface area contributed by atoms with Crippen molar-refractivity contribution in [2.45, 2.75) is 13.0 Å². The Bertz CT molecular complexity index is 574. The summed E-state index contributed by atoms with van der Waals surface area (Å²) in [5.41, 5.74) is 0.373. The van der Waals surface area contributed by atoms with Crippen LogP contribution in [0.3, 0.4) is 0 Å². The number of hydrogen-bond donors (Lipinski definition) is 2. The van der Waals surface area contributed by atoms with Gasteiger partial charge in [-0.1, -0.05) is 11.6 Å². The molecule has 0 aliphatic heterocycles. The summed E-state index contributed by atoms with van der Waals surface area (Å²) < 4.78 is 14.6. The molecule has 0 bridgehead atoms. The van der Waals surface area contributed by atoms with E-state index in [1.54, 1.807) is 10.9 Å². The van der Waals surface area contributed by atoms with Gasteiger partial charge in [-0.25, -0.2) is 9.18 Å². The fourth-order valence-corrected chi connectivity index (χ4v) is 1.85. The second kappa shape index (κ2) is 6.91. The van der Waals surface area contributed by atoms with Gasteiger partial charge < -0.3 is 10.6 Å². The highest BCUT2D eigenvalue weighted by molar-refractivity contribution is 6.33. The highest BCUT2D eigenvalue weighted by Gasteiger charge is 2.05. The zero-order valence-electron chi connectivity index (χ0n) is 10.6. The monoisotopic (exact) mass is 296 g/mol. The van der Waals surface area contributed by atoms with Gasteiger partial charge >= 0.3 is 6.03 Å². The number of amides is 2. The smallest absolute Gasteiger partial charge is 0.319 e. The van der Waals surface area contributed by atoms with Gasteiger partial charge in [0.25, 0.3) is 0 Å². The lowest BCUT2D eigenvalue weighted by Gasteiger charge is -2.09. The normalized spacial score (nSPS) is 10.3. The Morgan fingerprint density at radius 1 is 1.45 bits per heavy atom. The highest BCUT2D eigenvalue weighted by Crippen LogP contribution is 2.22. The third kappa shape index (κ3) is 4.24. The van der Waals surface area contributed by atoms with Crippen molar-refractivity contribution in [2.24, 2.45) is 0 Å². The van der Waals surface area contributed by atoms with Crippen LogP contribution in [0.2, 0.25) is 5.02 Å². The van der Waals surface area contributed by atoms with Crippen LogP contribution in [0.5, 0.6) is 0 Å². The second-order valence-electron chi connectivity index (χ2n) is 4.13. The minimum Gasteiger partial charge on any atom is -0.338 e. The molecule has 1 heterocycles. The molecule has 0 unspecified atom stereocenters. The maximum Gasteiger partial charge on any atom is 0.319 e. The lowest BCUT2D eigenvalue weighted by Crippen LogP contribution is -2.30. The van der Waals surface area contributed by atoms with Gasteiger partial charge in [-0.05, 0) is 30.7 Å². The van der Waals surface area contributed by atoms with Gasteiger partial charge in [-0.15, -0.1) is 0 Å². The molecule has 0 aliphatic carbocycles. The summed E-state index contributed by atoms with van der Waals surface area (Å²) in [5, 5.41) is 9.47. The molecule has 1 aromatic heterocycles. The van der Waals surface area contributed by atoms with Crippen molar-refractivity contribution in [3.63, 3.8) is 0 Å². The number of rotatable bonds is 5. The number of benzene rings is 1. The number of aryl methyl sites for hydroxylation is 1. The molecular formula is C13H14ClFN4O. The molecule has 2 aromatic rings. The predicted octanol–water partition coefficient (Wildman–Crippen LogP) is 2.89. The van der Waals surface area contributed by atoms with Crippen molar-refractivity contribution in [1.29, 1.82) is 0 Å².